The van der Waals surface area contributed by atoms with Crippen LogP contribution in [0.1, 0.15) is 28.2 Å². The Morgan fingerprint density at radius 2 is 1.79 bits per heavy atom. The van der Waals surface area contributed by atoms with Gasteiger partial charge in [0.05, 0.1) is 23.5 Å². The summed E-state index contributed by atoms with van der Waals surface area (Å²) in [6.07, 6.45) is -2.41. The van der Waals surface area contributed by atoms with Gasteiger partial charge < -0.3 is 34.4 Å². The summed E-state index contributed by atoms with van der Waals surface area (Å²) in [4.78, 5) is 54.0. The van der Waals surface area contributed by atoms with Gasteiger partial charge in [0.2, 0.25) is 17.6 Å². The van der Waals surface area contributed by atoms with E-state index in [0.29, 0.717) is 30.9 Å². The number of hydrogen-bond acceptors (Lipinski definition) is 10. The van der Waals surface area contributed by atoms with Crippen LogP contribution in [0.3, 0.4) is 0 Å². The van der Waals surface area contributed by atoms with Crippen molar-refractivity contribution in [1.82, 2.24) is 29.0 Å². The van der Waals surface area contributed by atoms with Gasteiger partial charge in [0, 0.05) is 57.6 Å². The van der Waals surface area contributed by atoms with Crippen LogP contribution in [0.2, 0.25) is 0 Å². The van der Waals surface area contributed by atoms with Crippen molar-refractivity contribution in [3.8, 4) is 5.75 Å². The Labute approximate surface area is 269 Å². The SMILES string of the molecule is Cc1c(N2CCN(C(=O)c3ncccc3O)CC2)c(=O)n2nc(N3CC4CC(C3)O4)nc2n1CC(=O)Nc1ccc(C(F)(F)F)cc1F. The van der Waals surface area contributed by atoms with E-state index in [-0.39, 0.29) is 67.2 Å². The van der Waals surface area contributed by atoms with Crippen LogP contribution in [-0.4, -0.2) is 97.4 Å². The van der Waals surface area contributed by atoms with Gasteiger partial charge >= 0.3 is 6.18 Å². The normalized spacial score (nSPS) is 19.4. The van der Waals surface area contributed by atoms with Crippen LogP contribution in [0, 0.1) is 12.7 Å². The number of alkyl halides is 3. The molecule has 2 amide bonds. The number of aromatic hydroxyl groups is 1. The number of halogens is 4. The number of hydrogen-bond donors (Lipinski definition) is 2. The van der Waals surface area contributed by atoms with Crippen molar-refractivity contribution in [2.24, 2.45) is 0 Å². The van der Waals surface area contributed by atoms with E-state index in [9.17, 15) is 37.1 Å². The Kier molecular flexibility index (Phi) is 7.68. The lowest BCUT2D eigenvalue weighted by Crippen LogP contribution is -2.57. The van der Waals surface area contributed by atoms with E-state index in [1.54, 1.807) is 11.8 Å². The summed E-state index contributed by atoms with van der Waals surface area (Å²) in [5.41, 5.74) is -1.70. The van der Waals surface area contributed by atoms with Crippen molar-refractivity contribution in [2.45, 2.75) is 38.3 Å². The molecule has 48 heavy (non-hydrogen) atoms. The molecule has 2 N–H and O–H groups in total. The van der Waals surface area contributed by atoms with Crippen LogP contribution in [0.5, 0.6) is 5.75 Å². The van der Waals surface area contributed by atoms with Crippen molar-refractivity contribution in [1.29, 1.82) is 0 Å². The van der Waals surface area contributed by atoms with Gasteiger partial charge in [-0.2, -0.15) is 22.7 Å². The lowest BCUT2D eigenvalue weighted by Gasteiger charge is -2.46. The minimum absolute atomic E-state index is 0.0166. The Hall–Kier alpha value is -5.26. The summed E-state index contributed by atoms with van der Waals surface area (Å²) in [5, 5.41) is 16.9. The maximum absolute atomic E-state index is 14.6. The summed E-state index contributed by atoms with van der Waals surface area (Å²) >= 11 is 0. The average molecular weight is 672 g/mol. The topological polar surface area (TPSA) is 150 Å². The highest BCUT2D eigenvalue weighted by atomic mass is 19.4. The molecule has 4 fully saturated rings. The number of aromatic nitrogens is 5. The third-order valence-electron chi connectivity index (χ3n) is 8.75. The first kappa shape index (κ1) is 31.3. The first-order valence-electron chi connectivity index (χ1n) is 15.1. The first-order valence-corrected chi connectivity index (χ1v) is 15.1. The van der Waals surface area contributed by atoms with E-state index < -0.39 is 47.2 Å². The van der Waals surface area contributed by atoms with E-state index >= 15 is 0 Å². The van der Waals surface area contributed by atoms with Crippen LogP contribution in [0.15, 0.2) is 41.3 Å². The number of benzene rings is 1. The van der Waals surface area contributed by atoms with Gasteiger partial charge in [0.15, 0.2) is 5.69 Å². The molecule has 18 heteroatoms. The number of fused-ring (bicyclic) bond motifs is 3. The van der Waals surface area contributed by atoms with Crippen molar-refractivity contribution in [2.75, 3.05) is 54.4 Å². The Balaban J connectivity index is 1.19. The molecule has 0 aliphatic carbocycles. The zero-order valence-corrected chi connectivity index (χ0v) is 25.4. The number of pyridine rings is 1. The molecule has 4 aromatic rings. The fraction of sp³-hybridized carbons (Fsp3) is 0.400. The molecule has 0 radical (unpaired) electrons. The summed E-state index contributed by atoms with van der Waals surface area (Å²) in [6, 6.07) is 4.67. The number of nitrogens with zero attached hydrogens (tertiary/aromatic N) is 8. The monoisotopic (exact) mass is 671 g/mol. The maximum Gasteiger partial charge on any atom is 0.416 e. The molecule has 14 nitrogen and oxygen atoms in total. The minimum atomic E-state index is -4.76. The van der Waals surface area contributed by atoms with E-state index in [1.165, 1.54) is 27.8 Å². The third kappa shape index (κ3) is 5.65. The number of rotatable bonds is 6. The Morgan fingerprint density at radius 1 is 1.08 bits per heavy atom. The molecule has 2 atom stereocenters. The molecule has 2 unspecified atom stereocenters. The number of piperazine rings is 1. The van der Waals surface area contributed by atoms with Gasteiger partial charge in [-0.05, 0) is 37.3 Å². The highest BCUT2D eigenvalue weighted by molar-refractivity contribution is 5.95. The molecule has 3 aromatic heterocycles. The van der Waals surface area contributed by atoms with Gasteiger partial charge in [0.1, 0.15) is 23.8 Å². The van der Waals surface area contributed by atoms with E-state index in [1.807, 2.05) is 4.90 Å². The van der Waals surface area contributed by atoms with Gasteiger partial charge in [-0.25, -0.2) is 9.37 Å². The summed E-state index contributed by atoms with van der Waals surface area (Å²) < 4.78 is 61.9. The quantitative estimate of drug-likeness (QED) is 0.292. The average Bonchev–Trinajstić information content (AvgIpc) is 3.50. The molecular formula is C30H29F4N9O5. The van der Waals surface area contributed by atoms with Crippen molar-refractivity contribution in [3.63, 3.8) is 0 Å². The van der Waals surface area contributed by atoms with E-state index in [4.69, 9.17) is 4.74 Å². The Morgan fingerprint density at radius 3 is 2.44 bits per heavy atom. The highest BCUT2D eigenvalue weighted by Crippen LogP contribution is 2.32. The number of anilines is 3. The predicted molar refractivity (Wildman–Crippen MR) is 162 cm³/mol. The molecule has 7 heterocycles. The third-order valence-corrected chi connectivity index (χ3v) is 8.75. The van der Waals surface area contributed by atoms with Crippen LogP contribution < -0.4 is 20.7 Å². The van der Waals surface area contributed by atoms with Gasteiger partial charge in [-0.1, -0.05) is 0 Å². The largest absolute Gasteiger partial charge is 0.505 e. The summed E-state index contributed by atoms with van der Waals surface area (Å²) in [5.74, 6) is -2.45. The predicted octanol–water partition coefficient (Wildman–Crippen LogP) is 2.04. The lowest BCUT2D eigenvalue weighted by atomic mass is 9.99. The second-order valence-electron chi connectivity index (χ2n) is 11.9. The van der Waals surface area contributed by atoms with Gasteiger partial charge in [-0.15, -0.1) is 5.10 Å². The van der Waals surface area contributed by atoms with Crippen molar-refractivity contribution < 1.29 is 37.0 Å². The zero-order valence-electron chi connectivity index (χ0n) is 25.4. The first-order chi connectivity index (χ1) is 22.9. The van der Waals surface area contributed by atoms with Crippen molar-refractivity contribution in [3.05, 3.63) is 69.7 Å². The molecule has 8 rings (SSSR count). The highest BCUT2D eigenvalue weighted by Gasteiger charge is 2.40. The van der Waals surface area contributed by atoms with Crippen LogP contribution in [-0.2, 0) is 22.3 Å². The molecule has 4 saturated heterocycles. The molecule has 4 aliphatic rings. The van der Waals surface area contributed by atoms with E-state index in [0.717, 1.165) is 17.0 Å². The molecule has 0 saturated carbocycles. The second kappa shape index (κ2) is 11.8. The molecule has 1 aromatic carbocycles. The van der Waals surface area contributed by atoms with Crippen LogP contribution >= 0.6 is 0 Å². The number of piperidine rings is 1. The van der Waals surface area contributed by atoms with Gasteiger partial charge in [0.25, 0.3) is 11.5 Å². The summed E-state index contributed by atoms with van der Waals surface area (Å²) in [6.45, 7) is 3.00. The Bertz CT molecular complexity index is 1970. The number of carbonyl (C=O) groups excluding carboxylic acids is 2. The molecule has 252 valence electrons. The number of morpholine rings is 1. The standard InChI is InChI=1S/C30H29F4N9O5/c1-16-25(39-7-9-40(10-8-39)26(46)24-22(44)3-2-6-35-24)27(47)43-29(37-28(38-43)41-13-18-12-19(14-41)48-18)42(16)15-23(45)36-21-5-4-17(11-20(21)31)30(32,33)34/h2-6,11,18-19,44H,7-10,12-15H2,1H3,(H,36,45). The number of nitrogens with one attached hydrogen (secondary N) is 1. The molecule has 0 spiro atoms. The minimum Gasteiger partial charge on any atom is -0.505 e. The lowest BCUT2D eigenvalue weighted by molar-refractivity contribution is -0.137. The second-order valence-corrected chi connectivity index (χ2v) is 11.9. The maximum atomic E-state index is 14.6. The van der Waals surface area contributed by atoms with Gasteiger partial charge in [-0.3, -0.25) is 14.4 Å². The fourth-order valence-corrected chi connectivity index (χ4v) is 6.31. The fourth-order valence-electron chi connectivity index (χ4n) is 6.31. The summed E-state index contributed by atoms with van der Waals surface area (Å²) in [7, 11) is 0. The number of carbonyl (C=O) groups is 2. The number of amides is 2. The van der Waals surface area contributed by atoms with Crippen molar-refractivity contribution >= 4 is 34.9 Å². The van der Waals surface area contributed by atoms with E-state index in [2.05, 4.69) is 20.4 Å². The molecular weight excluding hydrogens is 642 g/mol. The number of ether oxygens (including phenoxy) is 1. The van der Waals surface area contributed by atoms with Crippen LogP contribution in [0.4, 0.5) is 34.9 Å². The molecule has 4 aliphatic heterocycles. The smallest absolute Gasteiger partial charge is 0.416 e. The molecule has 2 bridgehead atoms. The zero-order chi connectivity index (χ0) is 33.9. The van der Waals surface area contributed by atoms with Crippen LogP contribution in [0.25, 0.3) is 5.78 Å².